The normalized spacial score (nSPS) is 35.3. The summed E-state index contributed by atoms with van der Waals surface area (Å²) < 4.78 is 5.47. The van der Waals surface area contributed by atoms with Gasteiger partial charge in [-0.1, -0.05) is 0 Å². The van der Waals surface area contributed by atoms with E-state index in [2.05, 4.69) is 19.0 Å². The number of nitrogens with zero attached hydrogens (tertiary/aromatic N) is 1. The lowest BCUT2D eigenvalue weighted by Crippen LogP contribution is -2.37. The quantitative estimate of drug-likeness (QED) is 0.654. The summed E-state index contributed by atoms with van der Waals surface area (Å²) in [5.74, 6) is 0.608. The molecule has 13 heavy (non-hydrogen) atoms. The molecule has 0 heterocycles. The molecule has 0 radical (unpaired) electrons. The topological polar surface area (TPSA) is 12.5 Å². The number of alkyl halides is 1. The molecule has 1 fully saturated rings. The Morgan fingerprint density at radius 2 is 2.08 bits per heavy atom. The second-order valence-corrected chi connectivity index (χ2v) is 4.82. The van der Waals surface area contributed by atoms with Crippen LogP contribution >= 0.6 is 11.6 Å². The summed E-state index contributed by atoms with van der Waals surface area (Å²) in [6.45, 7) is 1.09. The highest BCUT2D eigenvalue weighted by molar-refractivity contribution is 6.20. The van der Waals surface area contributed by atoms with Crippen LogP contribution in [-0.2, 0) is 4.74 Å². The molecule has 0 spiro atoms. The molecule has 1 rings (SSSR count). The van der Waals surface area contributed by atoms with Crippen LogP contribution in [0, 0.1) is 5.92 Å². The van der Waals surface area contributed by atoms with Gasteiger partial charge in [0.05, 0.1) is 6.10 Å². The van der Waals surface area contributed by atoms with Crippen LogP contribution in [0.25, 0.3) is 0 Å². The Hall–Kier alpha value is 0.210. The van der Waals surface area contributed by atoms with Gasteiger partial charge in [0.1, 0.15) is 0 Å². The number of halogens is 1. The predicted octanol–water partition coefficient (Wildman–Crippen LogP) is 1.97. The Morgan fingerprint density at radius 1 is 1.38 bits per heavy atom. The predicted molar refractivity (Wildman–Crippen MR) is 56.3 cm³/mol. The second-order valence-electron chi connectivity index (χ2n) is 4.21. The molecule has 0 aliphatic heterocycles. The third-order valence-corrected chi connectivity index (χ3v) is 3.15. The fourth-order valence-electron chi connectivity index (χ4n) is 2.15. The van der Waals surface area contributed by atoms with Gasteiger partial charge in [0.2, 0.25) is 0 Å². The number of ether oxygens (including phenoxy) is 1. The monoisotopic (exact) mass is 205 g/mol. The van der Waals surface area contributed by atoms with Gasteiger partial charge in [0.25, 0.3) is 0 Å². The van der Waals surface area contributed by atoms with Crippen LogP contribution in [0.1, 0.15) is 19.3 Å². The first-order chi connectivity index (χ1) is 6.13. The first-order valence-electron chi connectivity index (χ1n) is 4.95. The Labute approximate surface area is 86.2 Å². The second kappa shape index (κ2) is 5.18. The largest absolute Gasteiger partial charge is 0.381 e. The zero-order chi connectivity index (χ0) is 9.84. The van der Waals surface area contributed by atoms with E-state index < -0.39 is 0 Å². The van der Waals surface area contributed by atoms with Crippen molar-refractivity contribution in [1.82, 2.24) is 4.90 Å². The van der Waals surface area contributed by atoms with Crippen molar-refractivity contribution in [1.29, 1.82) is 0 Å². The van der Waals surface area contributed by atoms with Gasteiger partial charge in [0, 0.05) is 19.0 Å². The van der Waals surface area contributed by atoms with Crippen molar-refractivity contribution in [3.63, 3.8) is 0 Å². The molecule has 1 saturated carbocycles. The number of hydrogen-bond donors (Lipinski definition) is 0. The van der Waals surface area contributed by atoms with Gasteiger partial charge in [-0.05, 0) is 39.3 Å². The van der Waals surface area contributed by atoms with Gasteiger partial charge >= 0.3 is 0 Å². The molecule has 1 aliphatic carbocycles. The fourth-order valence-corrected chi connectivity index (χ4v) is 2.51. The zero-order valence-corrected chi connectivity index (χ0v) is 9.55. The highest BCUT2D eigenvalue weighted by atomic mass is 35.5. The lowest BCUT2D eigenvalue weighted by atomic mass is 9.86. The van der Waals surface area contributed by atoms with E-state index in [1.807, 2.05) is 7.11 Å². The van der Waals surface area contributed by atoms with Gasteiger partial charge in [0.15, 0.2) is 0 Å². The molecule has 0 aromatic heterocycles. The molecular formula is C10H20ClNO. The van der Waals surface area contributed by atoms with Crippen molar-refractivity contribution in [2.45, 2.75) is 30.7 Å². The lowest BCUT2D eigenvalue weighted by molar-refractivity contribution is 0.0152. The van der Waals surface area contributed by atoms with Crippen molar-refractivity contribution >= 4 is 11.6 Å². The summed E-state index contributed by atoms with van der Waals surface area (Å²) in [5.41, 5.74) is 0. The van der Waals surface area contributed by atoms with Crippen LogP contribution in [0.15, 0.2) is 0 Å². The minimum Gasteiger partial charge on any atom is -0.381 e. The average Bonchev–Trinajstić information content (AvgIpc) is 2.03. The van der Waals surface area contributed by atoms with Crippen molar-refractivity contribution in [2.75, 3.05) is 27.7 Å². The van der Waals surface area contributed by atoms with E-state index >= 15 is 0 Å². The molecule has 1 aliphatic rings. The summed E-state index contributed by atoms with van der Waals surface area (Å²) in [6, 6.07) is 0. The molecular weight excluding hydrogens is 186 g/mol. The van der Waals surface area contributed by atoms with E-state index in [0.29, 0.717) is 17.4 Å². The third-order valence-electron chi connectivity index (χ3n) is 2.75. The molecule has 3 heteroatoms. The van der Waals surface area contributed by atoms with Crippen LogP contribution in [0.3, 0.4) is 0 Å². The maximum Gasteiger partial charge on any atom is 0.0612 e. The first-order valence-corrected chi connectivity index (χ1v) is 5.38. The Bertz CT molecular complexity index is 150. The minimum atomic E-state index is 0.358. The highest BCUT2D eigenvalue weighted by Gasteiger charge is 2.29. The van der Waals surface area contributed by atoms with Crippen LogP contribution < -0.4 is 0 Å². The molecule has 0 saturated heterocycles. The van der Waals surface area contributed by atoms with Crippen molar-refractivity contribution in [3.8, 4) is 0 Å². The number of hydrogen-bond acceptors (Lipinski definition) is 2. The fraction of sp³-hybridized carbons (Fsp3) is 1.00. The molecule has 0 aromatic carbocycles. The van der Waals surface area contributed by atoms with Gasteiger partial charge in [-0.2, -0.15) is 0 Å². The van der Waals surface area contributed by atoms with Crippen molar-refractivity contribution in [3.05, 3.63) is 0 Å². The van der Waals surface area contributed by atoms with Crippen LogP contribution in [0.4, 0.5) is 0 Å². The number of methoxy groups -OCH3 is 1. The summed E-state index contributed by atoms with van der Waals surface area (Å²) in [6.07, 6.45) is 3.73. The summed E-state index contributed by atoms with van der Waals surface area (Å²) in [4.78, 5) is 2.21. The van der Waals surface area contributed by atoms with E-state index in [0.717, 1.165) is 25.8 Å². The molecule has 2 nitrogen and oxygen atoms in total. The molecule has 3 unspecified atom stereocenters. The van der Waals surface area contributed by atoms with Gasteiger partial charge in [-0.3, -0.25) is 0 Å². The Kier molecular flexibility index (Phi) is 4.50. The van der Waals surface area contributed by atoms with Crippen LogP contribution in [0.2, 0.25) is 0 Å². The van der Waals surface area contributed by atoms with Gasteiger partial charge in [-0.25, -0.2) is 0 Å². The molecule has 0 bridgehead atoms. The standard InChI is InChI=1S/C10H20ClNO/c1-12(2)7-8-6-9(11)4-5-10(8)13-3/h8-10H,4-7H2,1-3H3. The van der Waals surface area contributed by atoms with Crippen molar-refractivity contribution in [2.24, 2.45) is 5.92 Å². The molecule has 0 amide bonds. The van der Waals surface area contributed by atoms with E-state index in [-0.39, 0.29) is 0 Å². The molecule has 0 aromatic rings. The van der Waals surface area contributed by atoms with Crippen LogP contribution in [0.5, 0.6) is 0 Å². The van der Waals surface area contributed by atoms with Crippen LogP contribution in [-0.4, -0.2) is 44.1 Å². The Morgan fingerprint density at radius 3 is 2.62 bits per heavy atom. The minimum absolute atomic E-state index is 0.358. The third kappa shape index (κ3) is 3.45. The summed E-state index contributed by atoms with van der Waals surface area (Å²) in [5, 5.41) is 0.358. The van der Waals surface area contributed by atoms with Gasteiger partial charge < -0.3 is 9.64 Å². The smallest absolute Gasteiger partial charge is 0.0612 e. The first kappa shape index (κ1) is 11.3. The summed E-state index contributed by atoms with van der Waals surface area (Å²) in [7, 11) is 6.01. The summed E-state index contributed by atoms with van der Waals surface area (Å²) >= 11 is 6.14. The van der Waals surface area contributed by atoms with E-state index in [4.69, 9.17) is 16.3 Å². The van der Waals surface area contributed by atoms with E-state index in [9.17, 15) is 0 Å². The molecule has 3 atom stereocenters. The Balaban J connectivity index is 2.44. The maximum absolute atomic E-state index is 6.14. The zero-order valence-electron chi connectivity index (χ0n) is 8.79. The maximum atomic E-state index is 6.14. The van der Waals surface area contributed by atoms with Crippen molar-refractivity contribution < 1.29 is 4.74 Å². The molecule has 0 N–H and O–H groups in total. The SMILES string of the molecule is COC1CCC(Cl)CC1CN(C)C. The number of rotatable bonds is 3. The lowest BCUT2D eigenvalue weighted by Gasteiger charge is -2.34. The van der Waals surface area contributed by atoms with E-state index in [1.54, 1.807) is 0 Å². The average molecular weight is 206 g/mol. The highest BCUT2D eigenvalue weighted by Crippen LogP contribution is 2.30. The van der Waals surface area contributed by atoms with E-state index in [1.165, 1.54) is 0 Å². The van der Waals surface area contributed by atoms with Gasteiger partial charge in [-0.15, -0.1) is 11.6 Å². The molecule has 78 valence electrons.